The Labute approximate surface area is 171 Å². The first kappa shape index (κ1) is 18.4. The van der Waals surface area contributed by atoms with E-state index in [1.807, 2.05) is 43.3 Å². The molecule has 0 spiro atoms. The second-order valence-electron chi connectivity index (χ2n) is 7.17. The van der Waals surface area contributed by atoms with E-state index in [4.69, 9.17) is 8.83 Å². The molecule has 0 aliphatic rings. The molecule has 5 nitrogen and oxygen atoms in total. The number of oxazole rings is 2. The van der Waals surface area contributed by atoms with Crippen LogP contribution in [0.25, 0.3) is 45.1 Å². The smallest absolute Gasteiger partial charge is 0.231 e. The predicted molar refractivity (Wildman–Crippen MR) is 113 cm³/mol. The van der Waals surface area contributed by atoms with Crippen molar-refractivity contribution >= 4 is 22.2 Å². The summed E-state index contributed by atoms with van der Waals surface area (Å²) in [6, 6.07) is 14.5. The minimum atomic E-state index is -0.828. The second-order valence-corrected chi connectivity index (χ2v) is 7.17. The number of phenols is 1. The average molecular weight is 402 g/mol. The molecule has 0 atom stereocenters. The molecule has 5 rings (SSSR count). The Hall–Kier alpha value is -3.67. The molecule has 2 aromatic heterocycles. The SMILES string of the molecule is CCc1ccc2oc(-c3ccc(-c4nc5cc(CC)ccc5o4)c(F)c3O)nc2c1. The van der Waals surface area contributed by atoms with Crippen molar-refractivity contribution in [3.63, 3.8) is 0 Å². The second kappa shape index (κ2) is 6.99. The van der Waals surface area contributed by atoms with Crippen molar-refractivity contribution in [2.75, 3.05) is 0 Å². The minimum absolute atomic E-state index is 0.0786. The fourth-order valence-corrected chi connectivity index (χ4v) is 3.52. The monoisotopic (exact) mass is 402 g/mol. The number of halogens is 1. The Morgan fingerprint density at radius 1 is 0.767 bits per heavy atom. The molecule has 6 heteroatoms. The zero-order valence-corrected chi connectivity index (χ0v) is 16.6. The number of hydrogen-bond donors (Lipinski definition) is 1. The van der Waals surface area contributed by atoms with Crippen LogP contribution in [0, 0.1) is 5.82 Å². The molecule has 0 amide bonds. The maximum Gasteiger partial charge on any atom is 0.231 e. The normalized spacial score (nSPS) is 11.6. The fraction of sp³-hybridized carbons (Fsp3) is 0.167. The number of aromatic hydroxyl groups is 1. The van der Waals surface area contributed by atoms with Gasteiger partial charge in [-0.3, -0.25) is 0 Å². The van der Waals surface area contributed by atoms with Crippen LogP contribution in [0.15, 0.2) is 57.4 Å². The summed E-state index contributed by atoms with van der Waals surface area (Å²) in [6.07, 6.45) is 1.74. The van der Waals surface area contributed by atoms with Gasteiger partial charge in [-0.25, -0.2) is 14.4 Å². The highest BCUT2D eigenvalue weighted by molar-refractivity contribution is 5.81. The number of fused-ring (bicyclic) bond motifs is 2. The summed E-state index contributed by atoms with van der Waals surface area (Å²) in [4.78, 5) is 8.81. The molecule has 0 saturated heterocycles. The van der Waals surface area contributed by atoms with E-state index in [1.165, 1.54) is 6.07 Å². The molecule has 0 radical (unpaired) electrons. The Kier molecular flexibility index (Phi) is 4.28. The van der Waals surface area contributed by atoms with Gasteiger partial charge in [-0.05, 0) is 60.4 Å². The molecule has 0 fully saturated rings. The molecular weight excluding hydrogens is 383 g/mol. The Morgan fingerprint density at radius 3 is 1.80 bits per heavy atom. The molecule has 30 heavy (non-hydrogen) atoms. The highest BCUT2D eigenvalue weighted by Crippen LogP contribution is 2.38. The van der Waals surface area contributed by atoms with E-state index >= 15 is 4.39 Å². The van der Waals surface area contributed by atoms with Gasteiger partial charge in [0, 0.05) is 0 Å². The van der Waals surface area contributed by atoms with Gasteiger partial charge < -0.3 is 13.9 Å². The van der Waals surface area contributed by atoms with E-state index in [-0.39, 0.29) is 22.9 Å². The zero-order valence-electron chi connectivity index (χ0n) is 16.6. The van der Waals surface area contributed by atoms with E-state index < -0.39 is 11.6 Å². The van der Waals surface area contributed by atoms with Crippen molar-refractivity contribution in [3.05, 3.63) is 65.5 Å². The van der Waals surface area contributed by atoms with Gasteiger partial charge in [0.05, 0.1) is 11.1 Å². The number of rotatable bonds is 4. The van der Waals surface area contributed by atoms with Crippen molar-refractivity contribution < 1.29 is 18.3 Å². The van der Waals surface area contributed by atoms with Crippen LogP contribution in [0.1, 0.15) is 25.0 Å². The number of aromatic nitrogens is 2. The summed E-state index contributed by atoms with van der Waals surface area (Å²) in [6.45, 7) is 4.10. The number of phenolic OH excluding ortho intramolecular Hbond substituents is 1. The standard InChI is InChI=1S/C24H19FN2O3/c1-3-13-5-9-19-17(11-13)26-23(29-19)15-7-8-16(22(28)21(15)25)24-27-18-12-14(4-2)6-10-20(18)30-24/h5-12,28H,3-4H2,1-2H3. The van der Waals surface area contributed by atoms with E-state index in [9.17, 15) is 5.11 Å². The van der Waals surface area contributed by atoms with Crippen molar-refractivity contribution in [1.82, 2.24) is 9.97 Å². The van der Waals surface area contributed by atoms with Crippen LogP contribution in [-0.4, -0.2) is 15.1 Å². The van der Waals surface area contributed by atoms with Crippen LogP contribution >= 0.6 is 0 Å². The van der Waals surface area contributed by atoms with Crippen LogP contribution in [-0.2, 0) is 12.8 Å². The topological polar surface area (TPSA) is 72.3 Å². The summed E-state index contributed by atoms with van der Waals surface area (Å²) in [7, 11) is 0. The van der Waals surface area contributed by atoms with Gasteiger partial charge in [0.25, 0.3) is 0 Å². The van der Waals surface area contributed by atoms with Crippen LogP contribution in [0.2, 0.25) is 0 Å². The largest absolute Gasteiger partial charge is 0.504 e. The van der Waals surface area contributed by atoms with Crippen molar-refractivity contribution in [2.45, 2.75) is 26.7 Å². The average Bonchev–Trinajstić information content (AvgIpc) is 3.38. The first-order valence-corrected chi connectivity index (χ1v) is 9.88. The van der Waals surface area contributed by atoms with E-state index in [1.54, 1.807) is 6.07 Å². The molecule has 0 saturated carbocycles. The molecule has 0 aliphatic heterocycles. The quantitative estimate of drug-likeness (QED) is 0.383. The zero-order chi connectivity index (χ0) is 20.8. The lowest BCUT2D eigenvalue weighted by Gasteiger charge is -2.05. The van der Waals surface area contributed by atoms with Gasteiger partial charge in [-0.2, -0.15) is 0 Å². The first-order valence-electron chi connectivity index (χ1n) is 9.88. The van der Waals surface area contributed by atoms with Crippen molar-refractivity contribution in [2.24, 2.45) is 0 Å². The van der Waals surface area contributed by atoms with Crippen LogP contribution in [0.5, 0.6) is 5.75 Å². The summed E-state index contributed by atoms with van der Waals surface area (Å²) in [5.41, 5.74) is 4.95. The lowest BCUT2D eigenvalue weighted by molar-refractivity contribution is 0.432. The van der Waals surface area contributed by atoms with E-state index in [0.717, 1.165) is 24.0 Å². The summed E-state index contributed by atoms with van der Waals surface area (Å²) < 4.78 is 26.5. The third kappa shape index (κ3) is 2.92. The van der Waals surface area contributed by atoms with Crippen molar-refractivity contribution in [3.8, 4) is 28.7 Å². The molecule has 150 valence electrons. The Morgan fingerprint density at radius 2 is 1.27 bits per heavy atom. The number of aryl methyl sites for hydroxylation is 2. The molecule has 5 aromatic rings. The lowest BCUT2D eigenvalue weighted by Crippen LogP contribution is -1.89. The van der Waals surface area contributed by atoms with Crippen LogP contribution < -0.4 is 0 Å². The summed E-state index contributed by atoms with van der Waals surface area (Å²) in [5, 5.41) is 10.5. The van der Waals surface area contributed by atoms with Gasteiger partial charge in [0.15, 0.2) is 22.7 Å². The third-order valence-corrected chi connectivity index (χ3v) is 5.30. The summed E-state index contributed by atoms with van der Waals surface area (Å²) >= 11 is 0. The highest BCUT2D eigenvalue weighted by atomic mass is 19.1. The fourth-order valence-electron chi connectivity index (χ4n) is 3.52. The molecule has 2 heterocycles. The van der Waals surface area contributed by atoms with Gasteiger partial charge in [0.1, 0.15) is 11.0 Å². The Bertz CT molecular complexity index is 1290. The molecule has 0 unspecified atom stereocenters. The van der Waals surface area contributed by atoms with E-state index in [0.29, 0.717) is 22.2 Å². The maximum atomic E-state index is 15.1. The molecule has 0 bridgehead atoms. The van der Waals surface area contributed by atoms with Gasteiger partial charge in [-0.1, -0.05) is 26.0 Å². The first-order chi connectivity index (χ1) is 14.6. The predicted octanol–water partition coefficient (Wildman–Crippen LogP) is 6.27. The molecular formula is C24H19FN2O3. The Balaban J connectivity index is 1.58. The van der Waals surface area contributed by atoms with Gasteiger partial charge in [0.2, 0.25) is 11.8 Å². The van der Waals surface area contributed by atoms with Crippen molar-refractivity contribution in [1.29, 1.82) is 0 Å². The summed E-state index contributed by atoms with van der Waals surface area (Å²) in [5.74, 6) is -1.10. The molecule has 1 N–H and O–H groups in total. The minimum Gasteiger partial charge on any atom is -0.504 e. The van der Waals surface area contributed by atoms with E-state index in [2.05, 4.69) is 16.9 Å². The van der Waals surface area contributed by atoms with Crippen LogP contribution in [0.3, 0.4) is 0 Å². The van der Waals surface area contributed by atoms with Gasteiger partial charge in [-0.15, -0.1) is 0 Å². The number of benzene rings is 3. The lowest BCUT2D eigenvalue weighted by atomic mass is 10.1. The number of hydrogen-bond acceptors (Lipinski definition) is 5. The maximum absolute atomic E-state index is 15.1. The number of nitrogens with zero attached hydrogens (tertiary/aromatic N) is 2. The molecule has 3 aromatic carbocycles. The van der Waals surface area contributed by atoms with Crippen LogP contribution in [0.4, 0.5) is 4.39 Å². The highest BCUT2D eigenvalue weighted by Gasteiger charge is 2.22. The third-order valence-electron chi connectivity index (χ3n) is 5.30. The van der Waals surface area contributed by atoms with Gasteiger partial charge >= 0.3 is 0 Å². The molecule has 0 aliphatic carbocycles.